The predicted octanol–water partition coefficient (Wildman–Crippen LogP) is 1.48. The second-order valence-corrected chi connectivity index (χ2v) is 6.13. The van der Waals surface area contributed by atoms with Crippen molar-refractivity contribution < 1.29 is 26.0 Å². The van der Waals surface area contributed by atoms with Gasteiger partial charge in [-0.05, 0) is 31.2 Å². The summed E-state index contributed by atoms with van der Waals surface area (Å²) in [6.07, 6.45) is -4.46. The molecule has 0 saturated carbocycles. The van der Waals surface area contributed by atoms with E-state index in [1.54, 1.807) is 0 Å². The number of hydrogen-bond acceptors (Lipinski definition) is 3. The molecule has 112 valence electrons. The van der Waals surface area contributed by atoms with Crippen molar-refractivity contribution >= 4 is 10.0 Å². The molecule has 0 aliphatic carbocycles. The molecular weight excluding hydrogens is 300 g/mol. The van der Waals surface area contributed by atoms with Gasteiger partial charge in [0, 0.05) is 12.6 Å². The Kier molecular flexibility index (Phi) is 4.03. The Labute approximate surface area is 113 Å². The van der Waals surface area contributed by atoms with Crippen molar-refractivity contribution in [3.05, 3.63) is 29.6 Å². The minimum absolute atomic E-state index is 0.182. The molecule has 2 N–H and O–H groups in total. The number of sulfonamides is 1. The van der Waals surface area contributed by atoms with E-state index in [0.717, 1.165) is 0 Å². The molecule has 0 bridgehead atoms. The molecule has 1 atom stereocenters. The van der Waals surface area contributed by atoms with Crippen molar-refractivity contribution in [1.82, 2.24) is 10.0 Å². The highest BCUT2D eigenvalue weighted by Gasteiger charge is 2.38. The summed E-state index contributed by atoms with van der Waals surface area (Å²) >= 11 is 0. The topological polar surface area (TPSA) is 58.2 Å². The fourth-order valence-electron chi connectivity index (χ4n) is 2.00. The summed E-state index contributed by atoms with van der Waals surface area (Å²) in [5.74, 6) is -1.14. The molecule has 0 spiro atoms. The number of hydrogen-bond donors (Lipinski definition) is 2. The third kappa shape index (κ3) is 3.28. The zero-order chi connectivity index (χ0) is 15.0. The molecule has 1 heterocycles. The third-order valence-corrected chi connectivity index (χ3v) is 4.50. The summed E-state index contributed by atoms with van der Waals surface area (Å²) in [5.41, 5.74) is -1.50. The van der Waals surface area contributed by atoms with E-state index < -0.39 is 38.5 Å². The number of nitrogens with one attached hydrogen (secondary N) is 2. The van der Waals surface area contributed by atoms with Gasteiger partial charge in [0.05, 0.1) is 10.5 Å². The predicted molar refractivity (Wildman–Crippen MR) is 63.0 cm³/mol. The van der Waals surface area contributed by atoms with Gasteiger partial charge in [0.2, 0.25) is 10.0 Å². The molecule has 2 rings (SSSR count). The number of alkyl halides is 3. The Hall–Kier alpha value is -1.19. The van der Waals surface area contributed by atoms with Crippen LogP contribution in [-0.4, -0.2) is 27.5 Å². The van der Waals surface area contributed by atoms with E-state index in [1.165, 1.54) is 0 Å². The lowest BCUT2D eigenvalue weighted by atomic mass is 10.2. The second kappa shape index (κ2) is 5.30. The number of rotatable bonds is 3. The molecule has 0 radical (unpaired) electrons. The van der Waals surface area contributed by atoms with Crippen molar-refractivity contribution in [3.8, 4) is 0 Å². The molecule has 0 aromatic heterocycles. The Balaban J connectivity index is 2.40. The van der Waals surface area contributed by atoms with Crippen molar-refractivity contribution in [3.63, 3.8) is 0 Å². The Morgan fingerprint density at radius 1 is 1.30 bits per heavy atom. The Morgan fingerprint density at radius 3 is 2.55 bits per heavy atom. The van der Waals surface area contributed by atoms with Crippen molar-refractivity contribution in [2.75, 3.05) is 13.1 Å². The van der Waals surface area contributed by atoms with Gasteiger partial charge in [-0.15, -0.1) is 0 Å². The minimum atomic E-state index is -4.94. The summed E-state index contributed by atoms with van der Waals surface area (Å²) < 4.78 is 77.6. The molecule has 1 aromatic rings. The van der Waals surface area contributed by atoms with Crippen LogP contribution in [0.1, 0.15) is 12.0 Å². The zero-order valence-corrected chi connectivity index (χ0v) is 11.0. The van der Waals surface area contributed by atoms with E-state index in [-0.39, 0.29) is 6.07 Å². The quantitative estimate of drug-likeness (QED) is 0.831. The summed E-state index contributed by atoms with van der Waals surface area (Å²) in [4.78, 5) is -0.960. The molecule has 4 nitrogen and oxygen atoms in total. The van der Waals surface area contributed by atoms with Crippen LogP contribution in [0.25, 0.3) is 0 Å². The molecule has 1 saturated heterocycles. The molecule has 1 aromatic carbocycles. The first kappa shape index (κ1) is 15.2. The van der Waals surface area contributed by atoms with Crippen molar-refractivity contribution in [2.24, 2.45) is 0 Å². The van der Waals surface area contributed by atoms with E-state index in [9.17, 15) is 26.0 Å². The molecule has 1 aliphatic rings. The van der Waals surface area contributed by atoms with E-state index in [2.05, 4.69) is 10.0 Å². The SMILES string of the molecule is O=S(=O)(NC1CCNC1)c1ccc(F)cc1C(F)(F)F. The zero-order valence-electron chi connectivity index (χ0n) is 10.2. The van der Waals surface area contributed by atoms with Crippen molar-refractivity contribution in [2.45, 2.75) is 23.5 Å². The monoisotopic (exact) mass is 312 g/mol. The van der Waals surface area contributed by atoms with Gasteiger partial charge in [0.1, 0.15) is 5.82 Å². The standard InChI is InChI=1S/C11H12F4N2O2S/c12-7-1-2-10(9(5-7)11(13,14)15)20(18,19)17-8-3-4-16-6-8/h1-2,5,8,16-17H,3-4,6H2. The fraction of sp³-hybridized carbons (Fsp3) is 0.455. The van der Waals surface area contributed by atoms with Gasteiger partial charge >= 0.3 is 6.18 Å². The normalized spacial score (nSPS) is 20.3. The van der Waals surface area contributed by atoms with Crippen LogP contribution in [0.4, 0.5) is 17.6 Å². The van der Waals surface area contributed by atoms with Crippen LogP contribution in [0.15, 0.2) is 23.1 Å². The van der Waals surface area contributed by atoms with Crippen LogP contribution in [0.2, 0.25) is 0 Å². The van der Waals surface area contributed by atoms with Gasteiger partial charge in [-0.2, -0.15) is 13.2 Å². The van der Waals surface area contributed by atoms with Gasteiger partial charge in [0.15, 0.2) is 0 Å². The molecule has 1 fully saturated rings. The van der Waals surface area contributed by atoms with E-state index in [4.69, 9.17) is 0 Å². The minimum Gasteiger partial charge on any atom is -0.315 e. The third-order valence-electron chi connectivity index (χ3n) is 2.92. The molecule has 0 amide bonds. The maximum atomic E-state index is 12.9. The lowest BCUT2D eigenvalue weighted by Gasteiger charge is -2.16. The first-order valence-electron chi connectivity index (χ1n) is 5.80. The maximum absolute atomic E-state index is 12.9. The van der Waals surface area contributed by atoms with Crippen LogP contribution >= 0.6 is 0 Å². The summed E-state index contributed by atoms with van der Waals surface area (Å²) in [5, 5.41) is 2.89. The highest BCUT2D eigenvalue weighted by molar-refractivity contribution is 7.89. The van der Waals surface area contributed by atoms with Crippen LogP contribution in [-0.2, 0) is 16.2 Å². The van der Waals surface area contributed by atoms with Gasteiger partial charge in [0.25, 0.3) is 0 Å². The molecule has 1 unspecified atom stereocenters. The maximum Gasteiger partial charge on any atom is 0.417 e. The Morgan fingerprint density at radius 2 is 2.00 bits per heavy atom. The fourth-order valence-corrected chi connectivity index (χ4v) is 3.47. The summed E-state index contributed by atoms with van der Waals surface area (Å²) in [6, 6.07) is 1.03. The molecule has 9 heteroatoms. The largest absolute Gasteiger partial charge is 0.417 e. The van der Waals surface area contributed by atoms with Gasteiger partial charge in [-0.3, -0.25) is 0 Å². The number of benzene rings is 1. The van der Waals surface area contributed by atoms with Gasteiger partial charge in [-0.25, -0.2) is 17.5 Å². The van der Waals surface area contributed by atoms with Crippen LogP contribution < -0.4 is 10.0 Å². The van der Waals surface area contributed by atoms with Crippen LogP contribution in [0.5, 0.6) is 0 Å². The van der Waals surface area contributed by atoms with E-state index >= 15 is 0 Å². The first-order chi connectivity index (χ1) is 9.20. The smallest absolute Gasteiger partial charge is 0.315 e. The van der Waals surface area contributed by atoms with Crippen LogP contribution in [0.3, 0.4) is 0 Å². The number of halogens is 4. The van der Waals surface area contributed by atoms with Gasteiger partial charge in [-0.1, -0.05) is 0 Å². The summed E-state index contributed by atoms with van der Waals surface area (Å²) in [6.45, 7) is 0.935. The van der Waals surface area contributed by atoms with Crippen molar-refractivity contribution in [1.29, 1.82) is 0 Å². The lowest BCUT2D eigenvalue weighted by Crippen LogP contribution is -2.37. The lowest BCUT2D eigenvalue weighted by molar-refractivity contribution is -0.140. The average molecular weight is 312 g/mol. The first-order valence-corrected chi connectivity index (χ1v) is 7.28. The highest BCUT2D eigenvalue weighted by atomic mass is 32.2. The molecule has 20 heavy (non-hydrogen) atoms. The highest BCUT2D eigenvalue weighted by Crippen LogP contribution is 2.34. The van der Waals surface area contributed by atoms with E-state index in [1.807, 2.05) is 0 Å². The average Bonchev–Trinajstić information content (AvgIpc) is 2.79. The van der Waals surface area contributed by atoms with Gasteiger partial charge < -0.3 is 5.32 Å². The molecular formula is C11H12F4N2O2S. The summed E-state index contributed by atoms with van der Waals surface area (Å²) in [7, 11) is -4.35. The second-order valence-electron chi connectivity index (χ2n) is 4.45. The Bertz CT molecular complexity index is 595. The van der Waals surface area contributed by atoms with E-state index in [0.29, 0.717) is 31.6 Å². The van der Waals surface area contributed by atoms with Crippen LogP contribution in [0, 0.1) is 5.82 Å². The molecule has 1 aliphatic heterocycles.